The lowest BCUT2D eigenvalue weighted by Gasteiger charge is -2.54. The molecule has 0 bridgehead atoms. The lowest BCUT2D eigenvalue weighted by atomic mass is 9.50. The molecule has 0 amide bonds. The Morgan fingerprint density at radius 1 is 1.07 bits per heavy atom. The zero-order valence-corrected chi connectivity index (χ0v) is 18.3. The van der Waals surface area contributed by atoms with E-state index in [1.807, 2.05) is 13.8 Å². The van der Waals surface area contributed by atoms with Crippen LogP contribution in [0.2, 0.25) is 0 Å². The summed E-state index contributed by atoms with van der Waals surface area (Å²) in [5.41, 5.74) is 5.10. The normalized spacial score (nSPS) is 39.5. The van der Waals surface area contributed by atoms with Gasteiger partial charge < -0.3 is 10.2 Å². The van der Waals surface area contributed by atoms with Crippen LogP contribution < -0.4 is 0 Å². The highest BCUT2D eigenvalue weighted by Crippen LogP contribution is 2.67. The Kier molecular flexibility index (Phi) is 4.69. The number of aromatic hydroxyl groups is 1. The molecule has 2 fully saturated rings. The Morgan fingerprint density at radius 2 is 1.75 bits per heavy atom. The summed E-state index contributed by atoms with van der Waals surface area (Å²) in [6.45, 7) is 13.4. The summed E-state index contributed by atoms with van der Waals surface area (Å²) in [6.07, 6.45) is 3.84. The van der Waals surface area contributed by atoms with Crippen molar-refractivity contribution < 1.29 is 15.0 Å². The molecule has 0 aliphatic heterocycles. The quantitative estimate of drug-likeness (QED) is 0.727. The van der Waals surface area contributed by atoms with Gasteiger partial charge in [-0.3, -0.25) is 4.79 Å². The molecule has 0 spiro atoms. The number of hydrogen-bond donors (Lipinski definition) is 2. The standard InChI is InChI=1S/C25H36O3/c1-12-9-19-17-10-20(27)22-16(5)24(28)15(4)14(3)23(22)21(17)13(2)11-25(19,6)18(12)7-8-26/h12-13,17-19,21,26,28H,7-11H2,1-6H3/t12?,13?,17?,18-,19?,21?,25?/m0/s1. The zero-order chi connectivity index (χ0) is 20.5. The van der Waals surface area contributed by atoms with Crippen LogP contribution in [-0.4, -0.2) is 22.6 Å². The molecule has 0 radical (unpaired) electrons. The second-order valence-electron chi connectivity index (χ2n) is 10.5. The number of rotatable bonds is 2. The minimum atomic E-state index is 0.218. The molecule has 3 aliphatic carbocycles. The van der Waals surface area contributed by atoms with Crippen LogP contribution >= 0.6 is 0 Å². The molecule has 6 unspecified atom stereocenters. The molecule has 2 N–H and O–H groups in total. The molecule has 3 nitrogen and oxygen atoms in total. The van der Waals surface area contributed by atoms with Crippen LogP contribution in [0.15, 0.2) is 0 Å². The van der Waals surface area contributed by atoms with Gasteiger partial charge in [0.05, 0.1) is 0 Å². The average Bonchev–Trinajstić information content (AvgIpc) is 2.88. The topological polar surface area (TPSA) is 57.5 Å². The van der Waals surface area contributed by atoms with Crippen molar-refractivity contribution in [1.29, 1.82) is 0 Å². The molecular formula is C25H36O3. The number of Topliss-reactive ketones (excluding diaryl/α,β-unsaturated/α-hetero) is 1. The summed E-state index contributed by atoms with van der Waals surface area (Å²) in [5.74, 6) is 3.53. The zero-order valence-electron chi connectivity index (χ0n) is 18.3. The molecule has 1 aromatic carbocycles. The predicted octanol–water partition coefficient (Wildman–Crippen LogP) is 5.30. The summed E-state index contributed by atoms with van der Waals surface area (Å²) in [4.78, 5) is 13.3. The third kappa shape index (κ3) is 2.47. The van der Waals surface area contributed by atoms with Crippen molar-refractivity contribution in [2.75, 3.05) is 6.61 Å². The van der Waals surface area contributed by atoms with Crippen molar-refractivity contribution in [2.24, 2.45) is 35.0 Å². The molecule has 1 aromatic rings. The van der Waals surface area contributed by atoms with Crippen molar-refractivity contribution >= 4 is 5.78 Å². The molecule has 7 atom stereocenters. The molecule has 2 saturated carbocycles. The molecule has 3 aliphatic rings. The number of phenolic OH excluding ortho intramolecular Hbond substituents is 1. The monoisotopic (exact) mass is 384 g/mol. The van der Waals surface area contributed by atoms with Gasteiger partial charge in [-0.2, -0.15) is 0 Å². The molecule has 4 rings (SSSR count). The van der Waals surface area contributed by atoms with Gasteiger partial charge in [-0.1, -0.05) is 20.8 Å². The summed E-state index contributed by atoms with van der Waals surface area (Å²) >= 11 is 0. The number of phenols is 1. The first kappa shape index (κ1) is 19.9. The molecule has 0 saturated heterocycles. The molecule has 154 valence electrons. The number of carbonyl (C=O) groups is 1. The van der Waals surface area contributed by atoms with Crippen LogP contribution in [0.5, 0.6) is 5.75 Å². The summed E-state index contributed by atoms with van der Waals surface area (Å²) in [5, 5.41) is 20.2. The maximum atomic E-state index is 13.3. The van der Waals surface area contributed by atoms with Crippen LogP contribution in [0.1, 0.15) is 85.0 Å². The fourth-order valence-electron chi connectivity index (χ4n) is 8.00. The van der Waals surface area contributed by atoms with E-state index in [1.54, 1.807) is 0 Å². The number of aliphatic hydroxyl groups is 1. The minimum Gasteiger partial charge on any atom is -0.507 e. The third-order valence-corrected chi connectivity index (χ3v) is 9.15. The second kappa shape index (κ2) is 6.58. The Labute approximate surface area is 169 Å². The summed E-state index contributed by atoms with van der Waals surface area (Å²) in [6, 6.07) is 0. The lowest BCUT2D eigenvalue weighted by molar-refractivity contribution is -0.00912. The Bertz CT molecular complexity index is 826. The van der Waals surface area contributed by atoms with E-state index in [1.165, 1.54) is 18.4 Å². The van der Waals surface area contributed by atoms with Gasteiger partial charge in [0.15, 0.2) is 5.78 Å². The van der Waals surface area contributed by atoms with E-state index in [0.29, 0.717) is 47.7 Å². The summed E-state index contributed by atoms with van der Waals surface area (Å²) < 4.78 is 0. The van der Waals surface area contributed by atoms with Crippen molar-refractivity contribution in [3.63, 3.8) is 0 Å². The van der Waals surface area contributed by atoms with Crippen LogP contribution in [0.3, 0.4) is 0 Å². The smallest absolute Gasteiger partial charge is 0.163 e. The number of hydrogen-bond acceptors (Lipinski definition) is 3. The van der Waals surface area contributed by atoms with Crippen molar-refractivity contribution in [1.82, 2.24) is 0 Å². The fourth-order valence-corrected chi connectivity index (χ4v) is 8.00. The van der Waals surface area contributed by atoms with E-state index in [-0.39, 0.29) is 17.8 Å². The second-order valence-corrected chi connectivity index (χ2v) is 10.5. The van der Waals surface area contributed by atoms with Gasteiger partial charge in [-0.25, -0.2) is 0 Å². The largest absolute Gasteiger partial charge is 0.507 e. The first-order chi connectivity index (χ1) is 13.1. The number of benzene rings is 1. The Hall–Kier alpha value is -1.35. The highest BCUT2D eigenvalue weighted by Gasteiger charge is 2.59. The van der Waals surface area contributed by atoms with Gasteiger partial charge in [0, 0.05) is 24.2 Å². The van der Waals surface area contributed by atoms with Gasteiger partial charge in [-0.05, 0) is 97.6 Å². The van der Waals surface area contributed by atoms with Crippen molar-refractivity contribution in [3.8, 4) is 5.75 Å². The van der Waals surface area contributed by atoms with Gasteiger partial charge in [-0.15, -0.1) is 0 Å². The molecule has 3 heteroatoms. The SMILES string of the molecule is Cc1c(C)c2c(c(C)c1O)C(=O)CC1C2C(C)CC2(C)C1CC(C)[C@@H]2CCO. The van der Waals surface area contributed by atoms with E-state index < -0.39 is 0 Å². The molecule has 0 aromatic heterocycles. The number of aliphatic hydroxyl groups excluding tert-OH is 1. The summed E-state index contributed by atoms with van der Waals surface area (Å²) in [7, 11) is 0. The number of carbonyl (C=O) groups excluding carboxylic acids is 1. The van der Waals surface area contributed by atoms with Crippen LogP contribution in [-0.2, 0) is 0 Å². The Morgan fingerprint density at radius 3 is 2.39 bits per heavy atom. The van der Waals surface area contributed by atoms with Gasteiger partial charge in [0.1, 0.15) is 5.75 Å². The van der Waals surface area contributed by atoms with Gasteiger partial charge >= 0.3 is 0 Å². The van der Waals surface area contributed by atoms with Crippen molar-refractivity contribution in [2.45, 2.75) is 73.1 Å². The third-order valence-electron chi connectivity index (χ3n) is 9.15. The van der Waals surface area contributed by atoms with Gasteiger partial charge in [0.2, 0.25) is 0 Å². The van der Waals surface area contributed by atoms with E-state index in [2.05, 4.69) is 27.7 Å². The predicted molar refractivity (Wildman–Crippen MR) is 112 cm³/mol. The first-order valence-electron chi connectivity index (χ1n) is 11.1. The average molecular weight is 385 g/mol. The number of fused-ring (bicyclic) bond motifs is 5. The highest BCUT2D eigenvalue weighted by atomic mass is 16.3. The van der Waals surface area contributed by atoms with Crippen molar-refractivity contribution in [3.05, 3.63) is 27.8 Å². The fraction of sp³-hybridized carbons (Fsp3) is 0.720. The van der Waals surface area contributed by atoms with Crippen LogP contribution in [0.25, 0.3) is 0 Å². The van der Waals surface area contributed by atoms with Crippen LogP contribution in [0, 0.1) is 55.8 Å². The van der Waals surface area contributed by atoms with E-state index in [4.69, 9.17) is 0 Å². The maximum Gasteiger partial charge on any atom is 0.163 e. The van der Waals surface area contributed by atoms with Gasteiger partial charge in [0.25, 0.3) is 0 Å². The maximum absolute atomic E-state index is 13.3. The minimum absolute atomic E-state index is 0.218. The van der Waals surface area contributed by atoms with Crippen LogP contribution in [0.4, 0.5) is 0 Å². The molecule has 0 heterocycles. The Balaban J connectivity index is 1.86. The molecular weight excluding hydrogens is 348 g/mol. The first-order valence-corrected chi connectivity index (χ1v) is 11.1. The highest BCUT2D eigenvalue weighted by molar-refractivity contribution is 6.01. The lowest BCUT2D eigenvalue weighted by Crippen LogP contribution is -2.47. The van der Waals surface area contributed by atoms with E-state index in [0.717, 1.165) is 28.7 Å². The van der Waals surface area contributed by atoms with E-state index in [9.17, 15) is 15.0 Å². The van der Waals surface area contributed by atoms with E-state index >= 15 is 0 Å². The molecule has 28 heavy (non-hydrogen) atoms. The number of ketones is 1.